The summed E-state index contributed by atoms with van der Waals surface area (Å²) in [6.45, 7) is 4.38. The lowest BCUT2D eigenvalue weighted by Gasteiger charge is -2.25. The van der Waals surface area contributed by atoms with Crippen molar-refractivity contribution in [2.75, 3.05) is 16.8 Å². The Morgan fingerprint density at radius 3 is 2.55 bits per heavy atom. The van der Waals surface area contributed by atoms with E-state index >= 15 is 0 Å². The van der Waals surface area contributed by atoms with Crippen LogP contribution in [0.3, 0.4) is 0 Å². The van der Waals surface area contributed by atoms with E-state index in [4.69, 9.17) is 14.7 Å². The number of hydrogen-bond acceptors (Lipinski definition) is 3. The highest BCUT2D eigenvalue weighted by Crippen LogP contribution is 2.38. The van der Waals surface area contributed by atoms with E-state index in [0.717, 1.165) is 35.2 Å². The summed E-state index contributed by atoms with van der Waals surface area (Å²) in [5, 5.41) is 3.55. The van der Waals surface area contributed by atoms with Crippen molar-refractivity contribution in [2.24, 2.45) is 0 Å². The van der Waals surface area contributed by atoms with Crippen LogP contribution >= 0.6 is 34.6 Å². The average molecular weight is 575 g/mol. The van der Waals surface area contributed by atoms with Gasteiger partial charge in [-0.15, -0.1) is 0 Å². The Balaban J connectivity index is 1.60. The fourth-order valence-corrected chi connectivity index (χ4v) is 4.90. The fraction of sp³-hybridized carbons (Fsp3) is 0.231. The van der Waals surface area contributed by atoms with Crippen LogP contribution in [-0.4, -0.2) is 18.4 Å². The number of fused-ring (bicyclic) bond motifs is 1. The van der Waals surface area contributed by atoms with Crippen molar-refractivity contribution >= 4 is 57.8 Å². The standard InChI is InChI=1S/C26H24ClIN2O3/c1-16-6-3-4-7-20(16)25(31)29-19-10-11-21(17(2)14-19)26(32)30-13-5-8-24(33-28)22-15-18(27)9-12-23(22)30/h3-4,6-7,9-12,14-15,24H,5,8,13H2,1-2H3,(H,29,31). The van der Waals surface area contributed by atoms with Crippen LogP contribution in [-0.2, 0) is 3.07 Å². The topological polar surface area (TPSA) is 58.6 Å². The molecule has 0 aromatic heterocycles. The van der Waals surface area contributed by atoms with E-state index in [1.54, 1.807) is 29.2 Å². The molecule has 0 saturated carbocycles. The summed E-state index contributed by atoms with van der Waals surface area (Å²) < 4.78 is 5.64. The predicted molar refractivity (Wildman–Crippen MR) is 141 cm³/mol. The number of amides is 2. The number of rotatable bonds is 4. The first-order chi connectivity index (χ1) is 15.9. The van der Waals surface area contributed by atoms with Crippen molar-refractivity contribution in [3.63, 3.8) is 0 Å². The van der Waals surface area contributed by atoms with E-state index in [2.05, 4.69) is 5.32 Å². The van der Waals surface area contributed by atoms with Gasteiger partial charge in [-0.3, -0.25) is 9.59 Å². The fourth-order valence-electron chi connectivity index (χ4n) is 4.20. The third-order valence-corrected chi connectivity index (χ3v) is 6.78. The summed E-state index contributed by atoms with van der Waals surface area (Å²) >= 11 is 8.15. The third-order valence-electron chi connectivity index (χ3n) is 5.93. The molecule has 33 heavy (non-hydrogen) atoms. The molecule has 1 unspecified atom stereocenters. The largest absolute Gasteiger partial charge is 0.322 e. The van der Waals surface area contributed by atoms with E-state index in [0.29, 0.717) is 28.4 Å². The molecule has 5 nitrogen and oxygen atoms in total. The highest BCUT2D eigenvalue weighted by atomic mass is 127. The summed E-state index contributed by atoms with van der Waals surface area (Å²) in [6.07, 6.45) is 1.51. The van der Waals surface area contributed by atoms with Crippen LogP contribution in [0.4, 0.5) is 11.4 Å². The molecule has 0 fully saturated rings. The van der Waals surface area contributed by atoms with Crippen molar-refractivity contribution in [1.29, 1.82) is 0 Å². The summed E-state index contributed by atoms with van der Waals surface area (Å²) in [6, 6.07) is 18.4. The van der Waals surface area contributed by atoms with Gasteiger partial charge in [0.15, 0.2) is 0 Å². The molecule has 1 atom stereocenters. The lowest BCUT2D eigenvalue weighted by atomic mass is 10.0. The zero-order chi connectivity index (χ0) is 23.5. The van der Waals surface area contributed by atoms with Gasteiger partial charge in [0.05, 0.1) is 6.10 Å². The molecule has 0 saturated heterocycles. The molecular weight excluding hydrogens is 551 g/mol. The Bertz CT molecular complexity index is 1210. The lowest BCUT2D eigenvalue weighted by Crippen LogP contribution is -2.32. The van der Waals surface area contributed by atoms with Crippen LogP contribution in [0, 0.1) is 13.8 Å². The first-order valence-corrected chi connectivity index (χ1v) is 12.0. The van der Waals surface area contributed by atoms with Crippen LogP contribution < -0.4 is 10.2 Å². The molecule has 0 spiro atoms. The average Bonchev–Trinajstić information content (AvgIpc) is 2.98. The van der Waals surface area contributed by atoms with Crippen molar-refractivity contribution in [1.82, 2.24) is 0 Å². The van der Waals surface area contributed by atoms with Gasteiger partial charge in [0.25, 0.3) is 11.8 Å². The maximum Gasteiger partial charge on any atom is 0.258 e. The molecule has 2 amide bonds. The minimum absolute atomic E-state index is 0.0815. The predicted octanol–water partition coefficient (Wildman–Crippen LogP) is 7.06. The number of aryl methyl sites for hydroxylation is 2. The molecule has 1 N–H and O–H groups in total. The number of nitrogens with zero attached hydrogens (tertiary/aromatic N) is 1. The van der Waals surface area contributed by atoms with Gasteiger partial charge in [-0.1, -0.05) is 29.8 Å². The van der Waals surface area contributed by atoms with Crippen molar-refractivity contribution in [3.05, 3.63) is 93.5 Å². The molecule has 0 aliphatic carbocycles. The zero-order valence-corrected chi connectivity index (χ0v) is 21.3. The van der Waals surface area contributed by atoms with Gasteiger partial charge < -0.3 is 13.3 Å². The second-order valence-electron chi connectivity index (χ2n) is 8.18. The van der Waals surface area contributed by atoms with Crippen LogP contribution in [0.25, 0.3) is 0 Å². The van der Waals surface area contributed by atoms with Crippen LogP contribution in [0.1, 0.15) is 56.4 Å². The molecular formula is C26H24ClIN2O3. The minimum Gasteiger partial charge on any atom is -0.322 e. The van der Waals surface area contributed by atoms with E-state index in [9.17, 15) is 9.59 Å². The van der Waals surface area contributed by atoms with Gasteiger partial charge >= 0.3 is 0 Å². The van der Waals surface area contributed by atoms with E-state index < -0.39 is 0 Å². The second-order valence-corrected chi connectivity index (χ2v) is 9.12. The number of halogens is 2. The molecule has 7 heteroatoms. The first kappa shape index (κ1) is 23.7. The van der Waals surface area contributed by atoms with Gasteiger partial charge in [0.1, 0.15) is 23.0 Å². The molecule has 1 aliphatic heterocycles. The summed E-state index contributed by atoms with van der Waals surface area (Å²) in [5.74, 6) is -0.253. The van der Waals surface area contributed by atoms with Gasteiger partial charge in [-0.25, -0.2) is 0 Å². The molecule has 0 bridgehead atoms. The van der Waals surface area contributed by atoms with Gasteiger partial charge in [-0.05, 0) is 80.3 Å². The number of hydrogen-bond donors (Lipinski definition) is 1. The maximum absolute atomic E-state index is 13.6. The smallest absolute Gasteiger partial charge is 0.258 e. The Hall–Kier alpha value is -2.42. The van der Waals surface area contributed by atoms with Gasteiger partial charge in [-0.2, -0.15) is 0 Å². The van der Waals surface area contributed by atoms with Crippen LogP contribution in [0.15, 0.2) is 60.7 Å². The van der Waals surface area contributed by atoms with E-state index in [1.165, 1.54) is 0 Å². The Morgan fingerprint density at radius 2 is 1.82 bits per heavy atom. The molecule has 0 radical (unpaired) electrons. The molecule has 1 heterocycles. The summed E-state index contributed by atoms with van der Waals surface area (Å²) in [4.78, 5) is 28.0. The number of nitrogens with one attached hydrogen (secondary N) is 1. The van der Waals surface area contributed by atoms with Crippen LogP contribution in [0.2, 0.25) is 5.02 Å². The van der Waals surface area contributed by atoms with E-state index in [-0.39, 0.29) is 17.9 Å². The van der Waals surface area contributed by atoms with E-state index in [1.807, 2.05) is 73.3 Å². The lowest BCUT2D eigenvalue weighted by molar-refractivity contribution is 0.0985. The molecule has 170 valence electrons. The summed E-state index contributed by atoms with van der Waals surface area (Å²) in [5.41, 5.74) is 5.32. The SMILES string of the molecule is Cc1ccccc1C(=O)Nc1ccc(C(=O)N2CCCC(OI)c3cc(Cl)ccc32)c(C)c1. The zero-order valence-electron chi connectivity index (χ0n) is 18.4. The minimum atomic E-state index is -0.172. The highest BCUT2D eigenvalue weighted by molar-refractivity contribution is 14.1. The number of carbonyl (C=O) groups excluding carboxylic acids is 2. The van der Waals surface area contributed by atoms with Crippen LogP contribution in [0.5, 0.6) is 0 Å². The van der Waals surface area contributed by atoms with Crippen molar-refractivity contribution < 1.29 is 12.7 Å². The quantitative estimate of drug-likeness (QED) is 0.340. The Labute approximate surface area is 212 Å². The highest BCUT2D eigenvalue weighted by Gasteiger charge is 2.28. The molecule has 3 aromatic rings. The van der Waals surface area contributed by atoms with Gasteiger partial charge in [0, 0.05) is 39.6 Å². The maximum atomic E-state index is 13.6. The monoisotopic (exact) mass is 574 g/mol. The Kier molecular flexibility index (Phi) is 7.36. The number of carbonyl (C=O) groups is 2. The number of benzene rings is 3. The number of anilines is 2. The summed E-state index contributed by atoms with van der Waals surface area (Å²) in [7, 11) is 0. The first-order valence-electron chi connectivity index (χ1n) is 10.8. The van der Waals surface area contributed by atoms with Crippen molar-refractivity contribution in [2.45, 2.75) is 32.8 Å². The molecule has 3 aromatic carbocycles. The second kappa shape index (κ2) is 10.2. The molecule has 4 rings (SSSR count). The van der Waals surface area contributed by atoms with Gasteiger partial charge in [0.2, 0.25) is 0 Å². The third kappa shape index (κ3) is 5.08. The van der Waals surface area contributed by atoms with Crippen molar-refractivity contribution in [3.8, 4) is 0 Å². The molecule has 1 aliphatic rings. The normalized spacial score (nSPS) is 15.5. The Morgan fingerprint density at radius 1 is 1.03 bits per heavy atom.